The summed E-state index contributed by atoms with van der Waals surface area (Å²) in [6.07, 6.45) is -3.17. The van der Waals surface area contributed by atoms with Crippen molar-refractivity contribution in [1.29, 1.82) is 0 Å². The van der Waals surface area contributed by atoms with E-state index < -0.39 is 74.2 Å². The Hall–Kier alpha value is -1.50. The summed E-state index contributed by atoms with van der Waals surface area (Å²) in [6.45, 7) is 0.592. The number of ether oxygens (including phenoxy) is 2. The van der Waals surface area contributed by atoms with Crippen LogP contribution in [0.15, 0.2) is 0 Å². The zero-order valence-corrected chi connectivity index (χ0v) is 26.0. The van der Waals surface area contributed by atoms with Gasteiger partial charge in [-0.3, -0.25) is 14.6 Å². The largest absolute Gasteiger partial charge is 0.394 e. The van der Waals surface area contributed by atoms with Crippen LogP contribution in [-0.2, 0) is 19.1 Å². The standard InChI is InChI=1S/C29H57N3O12/c1-2-3-4-5-6-7-8-9-10-11-12-14-21(36)32(30)16-13-15-31-28(42)25(40)24(39)27(19(35)17-33)44-29-26(41)23(38)22(37)20(18-34)43-29/h19-20,22-27,29,33-35,37-41H,2-18,30H2,1H3,(H,31,42). The van der Waals surface area contributed by atoms with Crippen LogP contribution in [0.3, 0.4) is 0 Å². The molecule has 44 heavy (non-hydrogen) atoms. The highest BCUT2D eigenvalue weighted by Crippen LogP contribution is 2.25. The SMILES string of the molecule is CCCCCCCCCCCCCC(=O)N(N)CCCNC(=O)C(O)C(O)C(OC1OC(CO)C(O)C(O)C1O)C(O)CO. The van der Waals surface area contributed by atoms with Crippen molar-refractivity contribution in [3.8, 4) is 0 Å². The van der Waals surface area contributed by atoms with Crippen molar-refractivity contribution in [3.63, 3.8) is 0 Å². The average Bonchev–Trinajstić information content (AvgIpc) is 3.02. The molecule has 9 atom stereocenters. The molecule has 0 aromatic carbocycles. The van der Waals surface area contributed by atoms with Crippen LogP contribution in [0.5, 0.6) is 0 Å². The Morgan fingerprint density at radius 1 is 0.864 bits per heavy atom. The number of aliphatic hydroxyl groups is 8. The maximum Gasteiger partial charge on any atom is 0.251 e. The number of unbranched alkanes of at least 4 members (excludes halogenated alkanes) is 10. The van der Waals surface area contributed by atoms with Crippen molar-refractivity contribution >= 4 is 11.8 Å². The van der Waals surface area contributed by atoms with E-state index >= 15 is 0 Å². The van der Waals surface area contributed by atoms with E-state index in [2.05, 4.69) is 12.2 Å². The van der Waals surface area contributed by atoms with Crippen molar-refractivity contribution in [3.05, 3.63) is 0 Å². The third kappa shape index (κ3) is 14.3. The number of carbonyl (C=O) groups excluding carboxylic acids is 2. The van der Waals surface area contributed by atoms with Gasteiger partial charge in [-0.05, 0) is 12.8 Å². The van der Waals surface area contributed by atoms with Crippen LogP contribution in [0.25, 0.3) is 0 Å². The highest BCUT2D eigenvalue weighted by molar-refractivity contribution is 5.81. The van der Waals surface area contributed by atoms with Crippen molar-refractivity contribution in [2.45, 2.75) is 146 Å². The Bertz CT molecular complexity index is 780. The van der Waals surface area contributed by atoms with Gasteiger partial charge < -0.3 is 55.6 Å². The second kappa shape index (κ2) is 22.9. The lowest BCUT2D eigenvalue weighted by Gasteiger charge is -2.42. The van der Waals surface area contributed by atoms with E-state index in [4.69, 9.17) is 15.3 Å². The predicted molar refractivity (Wildman–Crippen MR) is 158 cm³/mol. The van der Waals surface area contributed by atoms with Crippen LogP contribution < -0.4 is 11.2 Å². The number of nitrogens with two attached hydrogens (primary N) is 1. The van der Waals surface area contributed by atoms with Gasteiger partial charge in [-0.1, -0.05) is 71.1 Å². The van der Waals surface area contributed by atoms with Gasteiger partial charge in [-0.15, -0.1) is 0 Å². The van der Waals surface area contributed by atoms with Crippen molar-refractivity contribution in [2.75, 3.05) is 26.3 Å². The Morgan fingerprint density at radius 3 is 1.98 bits per heavy atom. The van der Waals surface area contributed by atoms with Crippen LogP contribution in [-0.4, -0.2) is 139 Å². The minimum Gasteiger partial charge on any atom is -0.394 e. The summed E-state index contributed by atoms with van der Waals surface area (Å²) < 4.78 is 10.5. The summed E-state index contributed by atoms with van der Waals surface area (Å²) >= 11 is 0. The highest BCUT2D eigenvalue weighted by atomic mass is 16.7. The number of carbonyl (C=O) groups is 2. The molecule has 11 N–H and O–H groups in total. The van der Waals surface area contributed by atoms with E-state index in [-0.39, 0.29) is 25.4 Å². The van der Waals surface area contributed by atoms with Crippen LogP contribution in [0.4, 0.5) is 0 Å². The Kier molecular flexibility index (Phi) is 21.1. The topological polar surface area (TPSA) is 256 Å². The van der Waals surface area contributed by atoms with E-state index in [9.17, 15) is 50.4 Å². The molecule has 1 rings (SSSR count). The number of nitrogens with one attached hydrogen (secondary N) is 1. The van der Waals surface area contributed by atoms with E-state index in [0.717, 1.165) is 30.7 Å². The van der Waals surface area contributed by atoms with E-state index in [0.29, 0.717) is 6.42 Å². The Labute approximate surface area is 259 Å². The normalized spacial score (nSPS) is 24.8. The van der Waals surface area contributed by atoms with Gasteiger partial charge in [0, 0.05) is 19.5 Å². The average molecular weight is 640 g/mol. The number of amides is 2. The van der Waals surface area contributed by atoms with E-state index in [1.165, 1.54) is 44.9 Å². The molecule has 0 aliphatic carbocycles. The van der Waals surface area contributed by atoms with Gasteiger partial charge >= 0.3 is 0 Å². The molecule has 1 aliphatic rings. The first kappa shape index (κ1) is 40.5. The zero-order valence-electron chi connectivity index (χ0n) is 26.0. The number of hydrogen-bond acceptors (Lipinski definition) is 13. The molecule has 1 aliphatic heterocycles. The minimum atomic E-state index is -2.16. The molecule has 15 nitrogen and oxygen atoms in total. The van der Waals surface area contributed by atoms with Gasteiger partial charge in [0.2, 0.25) is 5.91 Å². The van der Waals surface area contributed by atoms with Crippen molar-refractivity contribution in [2.24, 2.45) is 5.84 Å². The van der Waals surface area contributed by atoms with Gasteiger partial charge in [0.25, 0.3) is 5.91 Å². The minimum absolute atomic E-state index is 0.0111. The number of hydrazine groups is 1. The van der Waals surface area contributed by atoms with Crippen molar-refractivity contribution < 1.29 is 59.9 Å². The number of nitrogens with zero attached hydrogens (tertiary/aromatic N) is 1. The van der Waals surface area contributed by atoms with Crippen LogP contribution in [0, 0.1) is 0 Å². The van der Waals surface area contributed by atoms with Gasteiger partial charge in [-0.2, -0.15) is 0 Å². The van der Waals surface area contributed by atoms with Crippen LogP contribution >= 0.6 is 0 Å². The summed E-state index contributed by atoms with van der Waals surface area (Å²) in [7, 11) is 0. The number of rotatable bonds is 24. The molecule has 0 spiro atoms. The van der Waals surface area contributed by atoms with Gasteiger partial charge in [0.1, 0.15) is 42.7 Å². The van der Waals surface area contributed by atoms with Crippen LogP contribution in [0.1, 0.15) is 90.4 Å². The first-order valence-corrected chi connectivity index (χ1v) is 15.9. The van der Waals surface area contributed by atoms with Crippen molar-refractivity contribution in [1.82, 2.24) is 10.3 Å². The lowest BCUT2D eigenvalue weighted by Crippen LogP contribution is -2.62. The first-order chi connectivity index (χ1) is 21.0. The zero-order chi connectivity index (χ0) is 33.1. The summed E-state index contributed by atoms with van der Waals surface area (Å²) in [5, 5.41) is 83.2. The molecule has 0 aromatic rings. The highest BCUT2D eigenvalue weighted by Gasteiger charge is 2.47. The first-order valence-electron chi connectivity index (χ1n) is 15.9. The van der Waals surface area contributed by atoms with Gasteiger partial charge in [-0.25, -0.2) is 5.84 Å². The van der Waals surface area contributed by atoms with E-state index in [1.54, 1.807) is 0 Å². The molecule has 9 unspecified atom stereocenters. The summed E-state index contributed by atoms with van der Waals surface area (Å²) in [6, 6.07) is 0. The quantitative estimate of drug-likeness (QED) is 0.0241. The second-order valence-electron chi connectivity index (χ2n) is 11.5. The Morgan fingerprint density at radius 2 is 1.43 bits per heavy atom. The fraction of sp³-hybridized carbons (Fsp3) is 0.931. The van der Waals surface area contributed by atoms with Gasteiger partial charge in [0.05, 0.1) is 13.2 Å². The predicted octanol–water partition coefficient (Wildman–Crippen LogP) is -1.84. The summed E-state index contributed by atoms with van der Waals surface area (Å²) in [5.41, 5.74) is 0. The Balaban J connectivity index is 2.38. The molecule has 0 saturated carbocycles. The molecular weight excluding hydrogens is 582 g/mol. The fourth-order valence-electron chi connectivity index (χ4n) is 4.95. The molecule has 0 radical (unpaired) electrons. The summed E-state index contributed by atoms with van der Waals surface area (Å²) in [5.74, 6) is 4.56. The van der Waals surface area contributed by atoms with Crippen LogP contribution in [0.2, 0.25) is 0 Å². The molecule has 2 amide bonds. The molecule has 0 aromatic heterocycles. The lowest BCUT2D eigenvalue weighted by molar-refractivity contribution is -0.326. The lowest BCUT2D eigenvalue weighted by atomic mass is 9.98. The fourth-order valence-corrected chi connectivity index (χ4v) is 4.95. The smallest absolute Gasteiger partial charge is 0.251 e. The molecule has 260 valence electrons. The maximum absolute atomic E-state index is 12.4. The second-order valence-corrected chi connectivity index (χ2v) is 11.5. The molecule has 1 heterocycles. The molecular formula is C29H57N3O12. The maximum atomic E-state index is 12.4. The molecule has 1 saturated heterocycles. The molecule has 0 bridgehead atoms. The monoisotopic (exact) mass is 639 g/mol. The number of aliphatic hydroxyl groups excluding tert-OH is 8. The number of hydrogen-bond donors (Lipinski definition) is 10. The molecule has 15 heteroatoms. The van der Waals surface area contributed by atoms with E-state index in [1.807, 2.05) is 0 Å². The van der Waals surface area contributed by atoms with Gasteiger partial charge in [0.15, 0.2) is 12.4 Å². The third-order valence-electron chi connectivity index (χ3n) is 7.82. The third-order valence-corrected chi connectivity index (χ3v) is 7.82. The molecule has 1 fully saturated rings. The summed E-state index contributed by atoms with van der Waals surface area (Å²) in [4.78, 5) is 24.7.